The third-order valence-corrected chi connectivity index (χ3v) is 4.73. The highest BCUT2D eigenvalue weighted by molar-refractivity contribution is 8.00. The molecule has 2 rings (SSSR count). The quantitative estimate of drug-likeness (QED) is 0.879. The third-order valence-electron chi connectivity index (χ3n) is 3.97. The number of hydrogen-bond acceptors (Lipinski definition) is 2. The molecule has 1 aliphatic carbocycles. The van der Waals surface area contributed by atoms with Gasteiger partial charge in [0.25, 0.3) is 0 Å². The molecule has 0 bridgehead atoms. The van der Waals surface area contributed by atoms with E-state index in [2.05, 4.69) is 12.1 Å². The Kier molecular flexibility index (Phi) is 5.38. The first-order valence-electron chi connectivity index (χ1n) is 6.89. The van der Waals surface area contributed by atoms with Crippen molar-refractivity contribution >= 4 is 11.8 Å². The molecule has 0 radical (unpaired) electrons. The van der Waals surface area contributed by atoms with Crippen LogP contribution in [0.3, 0.4) is 0 Å². The van der Waals surface area contributed by atoms with Gasteiger partial charge in [0, 0.05) is 5.75 Å². The maximum absolute atomic E-state index is 12.1. The fraction of sp³-hybridized carbons (Fsp3) is 0.600. The molecule has 0 aromatic heterocycles. The van der Waals surface area contributed by atoms with E-state index in [1.54, 1.807) is 0 Å². The van der Waals surface area contributed by atoms with Crippen LogP contribution in [0.4, 0.5) is 13.2 Å². The molecule has 0 saturated heterocycles. The van der Waals surface area contributed by atoms with Crippen LogP contribution >= 0.6 is 11.8 Å². The highest BCUT2D eigenvalue weighted by Gasteiger charge is 2.32. The fourth-order valence-corrected chi connectivity index (χ4v) is 3.56. The Morgan fingerprint density at radius 2 is 1.85 bits per heavy atom. The van der Waals surface area contributed by atoms with Gasteiger partial charge in [-0.3, -0.25) is 0 Å². The van der Waals surface area contributed by atoms with Gasteiger partial charge in [-0.1, -0.05) is 42.1 Å². The lowest BCUT2D eigenvalue weighted by molar-refractivity contribution is -0.0330. The van der Waals surface area contributed by atoms with E-state index in [0.717, 1.165) is 12.8 Å². The number of thioether (sulfide) groups is 1. The Labute approximate surface area is 121 Å². The summed E-state index contributed by atoms with van der Waals surface area (Å²) in [6.45, 7) is 0. The topological polar surface area (TPSA) is 20.2 Å². The van der Waals surface area contributed by atoms with Crippen LogP contribution in [0.5, 0.6) is 0 Å². The summed E-state index contributed by atoms with van der Waals surface area (Å²) < 4.78 is 36.4. The van der Waals surface area contributed by atoms with Crippen molar-refractivity contribution in [1.29, 1.82) is 0 Å². The van der Waals surface area contributed by atoms with Crippen LogP contribution in [-0.4, -0.2) is 22.5 Å². The van der Waals surface area contributed by atoms with Gasteiger partial charge < -0.3 is 5.11 Å². The van der Waals surface area contributed by atoms with Gasteiger partial charge in [-0.2, -0.15) is 13.2 Å². The largest absolute Gasteiger partial charge is 0.441 e. The smallest absolute Gasteiger partial charge is 0.393 e. The Hall–Kier alpha value is -0.680. The third kappa shape index (κ3) is 4.70. The zero-order valence-corrected chi connectivity index (χ0v) is 12.0. The van der Waals surface area contributed by atoms with Crippen LogP contribution in [0, 0.1) is 5.92 Å². The van der Waals surface area contributed by atoms with Gasteiger partial charge in [-0.05, 0) is 43.1 Å². The lowest BCUT2D eigenvalue weighted by Gasteiger charge is -2.33. The second kappa shape index (κ2) is 6.85. The minimum atomic E-state index is -4.17. The van der Waals surface area contributed by atoms with Crippen LogP contribution < -0.4 is 0 Å². The average molecular weight is 304 g/mol. The summed E-state index contributed by atoms with van der Waals surface area (Å²) in [6.07, 6.45) is 2.34. The standard InChI is InChI=1S/C15H19F3OS/c16-15(17,18)20-9-8-13-10-12(6-7-14(13)19)11-4-2-1-3-5-11/h1-5,12-14,19H,6-10H2. The predicted octanol–water partition coefficient (Wildman–Crippen LogP) is 4.57. The van der Waals surface area contributed by atoms with Gasteiger partial charge in [0.05, 0.1) is 6.10 Å². The highest BCUT2D eigenvalue weighted by Crippen LogP contribution is 2.39. The Morgan fingerprint density at radius 1 is 1.15 bits per heavy atom. The summed E-state index contributed by atoms with van der Waals surface area (Å²) in [4.78, 5) is 0. The van der Waals surface area contributed by atoms with Crippen molar-refractivity contribution in [2.45, 2.75) is 43.2 Å². The molecule has 1 aromatic rings. The monoisotopic (exact) mass is 304 g/mol. The Morgan fingerprint density at radius 3 is 2.50 bits per heavy atom. The first-order valence-corrected chi connectivity index (χ1v) is 7.88. The number of benzene rings is 1. The number of rotatable bonds is 4. The number of halogens is 3. The van der Waals surface area contributed by atoms with E-state index in [0.29, 0.717) is 18.8 Å². The molecule has 0 aliphatic heterocycles. The normalized spacial score (nSPS) is 27.5. The molecule has 1 saturated carbocycles. The van der Waals surface area contributed by atoms with E-state index in [4.69, 9.17) is 0 Å². The molecule has 3 atom stereocenters. The van der Waals surface area contributed by atoms with Crippen molar-refractivity contribution in [3.63, 3.8) is 0 Å². The second-order valence-electron chi connectivity index (χ2n) is 5.33. The molecule has 0 heterocycles. The molecule has 0 amide bonds. The zero-order chi connectivity index (χ0) is 14.6. The Bertz CT molecular complexity index is 407. The van der Waals surface area contributed by atoms with Gasteiger partial charge in [-0.15, -0.1) is 0 Å². The van der Waals surface area contributed by atoms with Gasteiger partial charge in [-0.25, -0.2) is 0 Å². The van der Waals surface area contributed by atoms with E-state index >= 15 is 0 Å². The molecule has 1 aromatic carbocycles. The lowest BCUT2D eigenvalue weighted by atomic mass is 9.75. The maximum atomic E-state index is 12.1. The number of hydrogen-bond donors (Lipinski definition) is 1. The molecule has 20 heavy (non-hydrogen) atoms. The maximum Gasteiger partial charge on any atom is 0.441 e. The summed E-state index contributed by atoms with van der Waals surface area (Å²) in [5.41, 5.74) is -2.94. The van der Waals surface area contributed by atoms with Crippen molar-refractivity contribution in [3.8, 4) is 0 Å². The zero-order valence-electron chi connectivity index (χ0n) is 11.1. The van der Waals surface area contributed by atoms with E-state index < -0.39 is 11.6 Å². The van der Waals surface area contributed by atoms with Crippen molar-refractivity contribution < 1.29 is 18.3 Å². The second-order valence-corrected chi connectivity index (χ2v) is 6.49. The van der Waals surface area contributed by atoms with E-state index in [1.807, 2.05) is 18.2 Å². The van der Waals surface area contributed by atoms with E-state index in [-0.39, 0.29) is 23.4 Å². The molecular weight excluding hydrogens is 285 g/mol. The molecular formula is C15H19F3OS. The Balaban J connectivity index is 1.88. The van der Waals surface area contributed by atoms with Crippen LogP contribution in [0.25, 0.3) is 0 Å². The minimum Gasteiger partial charge on any atom is -0.393 e. The molecule has 1 aliphatic rings. The van der Waals surface area contributed by atoms with Crippen LogP contribution in [0.1, 0.15) is 37.2 Å². The average Bonchev–Trinajstić information content (AvgIpc) is 2.40. The molecule has 1 nitrogen and oxygen atoms in total. The van der Waals surface area contributed by atoms with Crippen molar-refractivity contribution in [2.24, 2.45) is 5.92 Å². The molecule has 0 spiro atoms. The first-order chi connectivity index (χ1) is 9.46. The highest BCUT2D eigenvalue weighted by atomic mass is 32.2. The lowest BCUT2D eigenvalue weighted by Crippen LogP contribution is -2.29. The van der Waals surface area contributed by atoms with Crippen LogP contribution in [0.15, 0.2) is 30.3 Å². The number of aliphatic hydroxyl groups excluding tert-OH is 1. The van der Waals surface area contributed by atoms with Gasteiger partial charge in [0.1, 0.15) is 0 Å². The fourth-order valence-electron chi connectivity index (χ4n) is 2.91. The molecule has 112 valence electrons. The van der Waals surface area contributed by atoms with Crippen molar-refractivity contribution in [1.82, 2.24) is 0 Å². The summed E-state index contributed by atoms with van der Waals surface area (Å²) in [7, 11) is 0. The minimum absolute atomic E-state index is 0.0152. The van der Waals surface area contributed by atoms with Gasteiger partial charge >= 0.3 is 5.51 Å². The van der Waals surface area contributed by atoms with Gasteiger partial charge in [0.15, 0.2) is 0 Å². The molecule has 3 unspecified atom stereocenters. The summed E-state index contributed by atoms with van der Waals surface area (Å²) >= 11 is 0.0152. The van der Waals surface area contributed by atoms with Crippen molar-refractivity contribution in [3.05, 3.63) is 35.9 Å². The summed E-state index contributed by atoms with van der Waals surface area (Å²) in [5.74, 6) is 0.372. The first kappa shape index (κ1) is 15.7. The number of alkyl halides is 3. The van der Waals surface area contributed by atoms with Crippen LogP contribution in [0.2, 0.25) is 0 Å². The molecule has 1 N–H and O–H groups in total. The number of aliphatic hydroxyl groups is 1. The van der Waals surface area contributed by atoms with E-state index in [9.17, 15) is 18.3 Å². The van der Waals surface area contributed by atoms with E-state index in [1.165, 1.54) is 5.56 Å². The predicted molar refractivity (Wildman–Crippen MR) is 75.7 cm³/mol. The molecule has 5 heteroatoms. The van der Waals surface area contributed by atoms with Crippen LogP contribution in [-0.2, 0) is 0 Å². The van der Waals surface area contributed by atoms with Gasteiger partial charge in [0.2, 0.25) is 0 Å². The SMILES string of the molecule is OC1CCC(c2ccccc2)CC1CCSC(F)(F)F. The molecule has 1 fully saturated rings. The summed E-state index contributed by atoms with van der Waals surface area (Å²) in [5, 5.41) is 9.97. The summed E-state index contributed by atoms with van der Waals surface area (Å²) in [6, 6.07) is 10.0. The van der Waals surface area contributed by atoms with Crippen molar-refractivity contribution in [2.75, 3.05) is 5.75 Å².